The first-order valence-corrected chi connectivity index (χ1v) is 8.66. The smallest absolute Gasteiger partial charge is 0.331 e. The molecule has 0 heterocycles. The first-order valence-electron chi connectivity index (χ1n) is 4.63. The molecule has 0 saturated heterocycles. The van der Waals surface area contributed by atoms with Crippen molar-refractivity contribution in [3.05, 3.63) is 35.9 Å². The monoisotopic (exact) mass is 333 g/mol. The minimum absolute atomic E-state index is 0.101. The molecule has 0 radical (unpaired) electrons. The van der Waals surface area contributed by atoms with Gasteiger partial charge in [-0.3, -0.25) is 9.13 Å². The molecule has 0 spiro atoms. The van der Waals surface area contributed by atoms with Crippen molar-refractivity contribution in [2.24, 2.45) is 0 Å². The maximum absolute atomic E-state index is 11.7. The minimum atomic E-state index is -5.16. The quantitative estimate of drug-likeness (QED) is 0.486. The highest BCUT2D eigenvalue weighted by Crippen LogP contribution is 2.73. The molecule has 102 valence electrons. The molecule has 0 aliphatic carbocycles. The average molecular weight is 334 g/mol. The van der Waals surface area contributed by atoms with Crippen LogP contribution in [0, 0.1) is 0 Å². The van der Waals surface area contributed by atoms with Gasteiger partial charge in [0.15, 0.2) is 0 Å². The first-order chi connectivity index (χ1) is 8.08. The molecule has 0 saturated carbocycles. The molecule has 6 nitrogen and oxygen atoms in total. The van der Waals surface area contributed by atoms with Gasteiger partial charge in [0.05, 0.1) is 0 Å². The van der Waals surface area contributed by atoms with Gasteiger partial charge in [-0.2, -0.15) is 0 Å². The van der Waals surface area contributed by atoms with E-state index in [1.54, 1.807) is 30.3 Å². The van der Waals surface area contributed by atoms with Crippen molar-refractivity contribution in [1.29, 1.82) is 0 Å². The van der Waals surface area contributed by atoms with E-state index in [-0.39, 0.29) is 6.54 Å². The van der Waals surface area contributed by atoms with Crippen LogP contribution in [0.25, 0.3) is 0 Å². The van der Waals surface area contributed by atoms with Gasteiger partial charge in [-0.15, -0.1) is 0 Å². The lowest BCUT2D eigenvalue weighted by molar-refractivity contribution is 0.367. The molecule has 1 rings (SSSR count). The zero-order valence-corrected chi connectivity index (χ0v) is 12.2. The summed E-state index contributed by atoms with van der Waals surface area (Å²) >= 11 is 10.6. The zero-order valence-electron chi connectivity index (χ0n) is 8.90. The molecule has 0 aromatic heterocycles. The molecule has 1 aromatic rings. The third kappa shape index (κ3) is 3.56. The first kappa shape index (κ1) is 16.2. The molecule has 1 atom stereocenters. The van der Waals surface area contributed by atoms with Crippen LogP contribution in [0.1, 0.15) is 5.56 Å². The van der Waals surface area contributed by atoms with E-state index in [0.717, 1.165) is 0 Å². The Bertz CT molecular complexity index is 503. The van der Waals surface area contributed by atoms with Gasteiger partial charge >= 0.3 is 18.9 Å². The Labute approximate surface area is 114 Å². The number of halogens is 2. The molecule has 1 aromatic carbocycles. The molecule has 0 aliphatic heterocycles. The Morgan fingerprint density at radius 2 is 1.61 bits per heavy atom. The lowest BCUT2D eigenvalue weighted by Gasteiger charge is -2.26. The topological polar surface area (TPSA) is 107 Å². The molecule has 10 heteroatoms. The van der Waals surface area contributed by atoms with E-state index in [1.807, 2.05) is 0 Å². The molecule has 4 N–H and O–H groups in total. The van der Waals surface area contributed by atoms with Crippen molar-refractivity contribution < 1.29 is 23.8 Å². The van der Waals surface area contributed by atoms with Crippen molar-refractivity contribution in [3.8, 4) is 0 Å². The Morgan fingerprint density at radius 1 is 1.11 bits per heavy atom. The number of alkyl halides is 2. The summed E-state index contributed by atoms with van der Waals surface area (Å²) in [6.07, 6.45) is 0. The molecule has 0 amide bonds. The van der Waals surface area contributed by atoms with Gasteiger partial charge in [-0.1, -0.05) is 53.5 Å². The van der Waals surface area contributed by atoms with Crippen LogP contribution in [0.2, 0.25) is 0 Å². The summed E-state index contributed by atoms with van der Waals surface area (Å²) in [5.74, 6) is 0. The van der Waals surface area contributed by atoms with Crippen LogP contribution in [-0.4, -0.2) is 18.5 Å². The van der Waals surface area contributed by atoms with Crippen LogP contribution in [-0.2, 0) is 15.7 Å². The van der Waals surface area contributed by atoms with E-state index in [9.17, 15) is 14.0 Å². The van der Waals surface area contributed by atoms with E-state index in [2.05, 4.69) is 5.09 Å². The van der Waals surface area contributed by atoms with Crippen molar-refractivity contribution in [3.63, 3.8) is 0 Å². The fourth-order valence-electron chi connectivity index (χ4n) is 1.07. The van der Waals surface area contributed by atoms with Gasteiger partial charge in [0.1, 0.15) is 0 Å². The highest BCUT2D eigenvalue weighted by molar-refractivity contribution is 7.80. The van der Waals surface area contributed by atoms with Gasteiger partial charge < -0.3 is 14.7 Å². The minimum Gasteiger partial charge on any atom is -0.331 e. The molecule has 18 heavy (non-hydrogen) atoms. The van der Waals surface area contributed by atoms with Gasteiger partial charge in [0, 0.05) is 6.54 Å². The van der Waals surface area contributed by atoms with Crippen LogP contribution in [0.5, 0.6) is 0 Å². The van der Waals surface area contributed by atoms with E-state index in [1.165, 1.54) is 0 Å². The standard InChI is InChI=1S/C8H11Cl2NO5P2/c9-8(10,18(14,15)16)17(12,13)11-6-7-4-2-1-3-5-7/h1-5H,6H2,(H2,11,12,13)(H2,14,15,16). The molecule has 0 aliphatic rings. The summed E-state index contributed by atoms with van der Waals surface area (Å²) < 4.78 is 19.6. The van der Waals surface area contributed by atoms with Gasteiger partial charge in [0.25, 0.3) is 0 Å². The Morgan fingerprint density at radius 3 is 2.06 bits per heavy atom. The lowest BCUT2D eigenvalue weighted by Crippen LogP contribution is -2.24. The van der Waals surface area contributed by atoms with E-state index < -0.39 is 18.9 Å². The van der Waals surface area contributed by atoms with E-state index >= 15 is 0 Å². The number of hydrogen-bond acceptors (Lipinski definition) is 2. The van der Waals surface area contributed by atoms with Crippen LogP contribution < -0.4 is 5.09 Å². The number of nitrogens with one attached hydrogen (secondary N) is 1. The highest BCUT2D eigenvalue weighted by Gasteiger charge is 2.58. The summed E-state index contributed by atoms with van der Waals surface area (Å²) in [6.45, 7) is -0.101. The Kier molecular flexibility index (Phi) is 5.04. The molecular formula is C8H11Cl2NO5P2. The van der Waals surface area contributed by atoms with Crippen LogP contribution in [0.4, 0.5) is 0 Å². The van der Waals surface area contributed by atoms with Crippen LogP contribution >= 0.6 is 38.3 Å². The summed E-state index contributed by atoms with van der Waals surface area (Å²) in [4.78, 5) is 27.2. The Hall–Kier alpha value is 0.1000. The van der Waals surface area contributed by atoms with E-state index in [4.69, 9.17) is 33.0 Å². The molecule has 0 fully saturated rings. The summed E-state index contributed by atoms with van der Waals surface area (Å²) in [7, 11) is -9.82. The maximum atomic E-state index is 11.7. The number of rotatable bonds is 5. The van der Waals surface area contributed by atoms with Crippen molar-refractivity contribution in [2.45, 2.75) is 10.4 Å². The molecule has 0 bridgehead atoms. The fraction of sp³-hybridized carbons (Fsp3) is 0.250. The third-order valence-corrected chi connectivity index (χ3v) is 8.36. The fourth-order valence-corrected chi connectivity index (χ4v) is 3.64. The van der Waals surface area contributed by atoms with Gasteiger partial charge in [-0.05, 0) is 5.56 Å². The second kappa shape index (κ2) is 5.61. The second-order valence-electron chi connectivity index (χ2n) is 3.45. The lowest BCUT2D eigenvalue weighted by atomic mass is 10.2. The van der Waals surface area contributed by atoms with Crippen molar-refractivity contribution >= 4 is 38.3 Å². The van der Waals surface area contributed by atoms with Crippen molar-refractivity contribution in [2.75, 3.05) is 0 Å². The SMILES string of the molecule is O=P(O)(O)C(Cl)(Cl)P(=O)(O)NCc1ccccc1. The summed E-state index contributed by atoms with van der Waals surface area (Å²) in [5.41, 5.74) is 0.640. The summed E-state index contributed by atoms with van der Waals surface area (Å²) in [5, 5.41) is 2.08. The summed E-state index contributed by atoms with van der Waals surface area (Å²) in [6, 6.07) is 8.49. The maximum Gasteiger partial charge on any atom is 0.372 e. The molecular weight excluding hydrogens is 323 g/mol. The third-order valence-electron chi connectivity index (χ3n) is 2.06. The second-order valence-corrected chi connectivity index (χ2v) is 10.1. The largest absolute Gasteiger partial charge is 0.372 e. The number of benzene rings is 1. The predicted octanol–water partition coefficient (Wildman–Crippen LogP) is 2.23. The van der Waals surface area contributed by atoms with Crippen LogP contribution in [0.3, 0.4) is 0 Å². The average Bonchev–Trinajstić information content (AvgIpc) is 2.26. The highest BCUT2D eigenvalue weighted by atomic mass is 35.5. The zero-order chi connectivity index (χ0) is 14.0. The Balaban J connectivity index is 2.84. The van der Waals surface area contributed by atoms with E-state index in [0.29, 0.717) is 5.56 Å². The molecule has 1 unspecified atom stereocenters. The van der Waals surface area contributed by atoms with Gasteiger partial charge in [0.2, 0.25) is 0 Å². The normalized spacial score (nSPS) is 16.3. The predicted molar refractivity (Wildman–Crippen MR) is 69.6 cm³/mol. The van der Waals surface area contributed by atoms with Gasteiger partial charge in [-0.25, -0.2) is 5.09 Å². The number of hydrogen-bond donors (Lipinski definition) is 4. The van der Waals surface area contributed by atoms with Crippen LogP contribution in [0.15, 0.2) is 30.3 Å². The van der Waals surface area contributed by atoms with Crippen molar-refractivity contribution in [1.82, 2.24) is 5.09 Å².